The fourth-order valence-electron chi connectivity index (χ4n) is 1.02. The van der Waals surface area contributed by atoms with Gasteiger partial charge in [0, 0.05) is 12.6 Å². The summed E-state index contributed by atoms with van der Waals surface area (Å²) in [4.78, 5) is 15.2. The maximum Gasteiger partial charge on any atom is 0.307 e. The molecule has 0 saturated carbocycles. The molecule has 0 aromatic rings. The molecule has 1 unspecified atom stereocenters. The van der Waals surface area contributed by atoms with Gasteiger partial charge in [-0.1, -0.05) is 6.92 Å². The number of esters is 1. The Balaban J connectivity index is 0. The molecule has 0 spiro atoms. The van der Waals surface area contributed by atoms with Gasteiger partial charge in [0.2, 0.25) is 0 Å². The first-order valence-electron chi connectivity index (χ1n) is 5.75. The van der Waals surface area contributed by atoms with E-state index in [1.165, 1.54) is 7.11 Å². The van der Waals surface area contributed by atoms with Gasteiger partial charge in [-0.05, 0) is 20.3 Å². The molecular weight excluding hydrogens is 333 g/mol. The van der Waals surface area contributed by atoms with Crippen molar-refractivity contribution >= 4 is 35.9 Å². The number of aliphatic imine (C=N–C) groups is 1. The number of nitrogens with zero attached hydrogens (tertiary/aromatic N) is 1. The van der Waals surface area contributed by atoms with E-state index in [-0.39, 0.29) is 29.9 Å². The fourth-order valence-corrected chi connectivity index (χ4v) is 1.02. The number of hydrogen-bond acceptors (Lipinski definition) is 3. The van der Waals surface area contributed by atoms with E-state index in [1.54, 1.807) is 0 Å². The van der Waals surface area contributed by atoms with Gasteiger partial charge in [-0.3, -0.25) is 9.79 Å². The Labute approximate surface area is 121 Å². The molecule has 0 aliphatic rings. The van der Waals surface area contributed by atoms with E-state index < -0.39 is 0 Å². The fraction of sp³-hybridized carbons (Fsp3) is 0.818. The molecule has 0 aliphatic carbocycles. The normalized spacial score (nSPS) is 12.4. The Hall–Kier alpha value is -0.530. The number of methoxy groups -OCH3 is 1. The highest BCUT2D eigenvalue weighted by Crippen LogP contribution is 1.89. The zero-order valence-corrected chi connectivity index (χ0v) is 13.4. The maximum atomic E-state index is 10.9. The molecule has 5 nitrogen and oxygen atoms in total. The SMILES string of the molecule is CCNC(=NCCC(=O)OC)NC(C)CC.I. The molecule has 1 atom stereocenters. The quantitative estimate of drug-likeness (QED) is 0.328. The lowest BCUT2D eigenvalue weighted by Crippen LogP contribution is -2.42. The van der Waals surface area contributed by atoms with Gasteiger partial charge < -0.3 is 15.4 Å². The summed E-state index contributed by atoms with van der Waals surface area (Å²) < 4.78 is 4.55. The first-order chi connectivity index (χ1) is 7.63. The second kappa shape index (κ2) is 11.9. The van der Waals surface area contributed by atoms with Crippen LogP contribution in [0.3, 0.4) is 0 Å². The van der Waals surface area contributed by atoms with Crippen molar-refractivity contribution in [2.24, 2.45) is 4.99 Å². The molecule has 0 heterocycles. The third-order valence-corrected chi connectivity index (χ3v) is 2.15. The predicted octanol–water partition coefficient (Wildman–Crippen LogP) is 1.52. The van der Waals surface area contributed by atoms with Gasteiger partial charge in [0.15, 0.2) is 5.96 Å². The molecule has 6 heteroatoms. The molecule has 102 valence electrons. The molecule has 0 saturated heterocycles. The number of rotatable bonds is 6. The zero-order valence-electron chi connectivity index (χ0n) is 11.1. The van der Waals surface area contributed by atoms with Crippen molar-refractivity contribution in [1.29, 1.82) is 0 Å². The monoisotopic (exact) mass is 357 g/mol. The number of carbonyl (C=O) groups is 1. The Morgan fingerprint density at radius 1 is 1.41 bits per heavy atom. The Morgan fingerprint density at radius 3 is 2.53 bits per heavy atom. The van der Waals surface area contributed by atoms with E-state index in [0.717, 1.165) is 18.9 Å². The lowest BCUT2D eigenvalue weighted by atomic mass is 10.3. The van der Waals surface area contributed by atoms with Crippen molar-refractivity contribution < 1.29 is 9.53 Å². The van der Waals surface area contributed by atoms with Gasteiger partial charge in [-0.2, -0.15) is 0 Å². The van der Waals surface area contributed by atoms with E-state index in [4.69, 9.17) is 0 Å². The van der Waals surface area contributed by atoms with Gasteiger partial charge >= 0.3 is 5.97 Å². The highest BCUT2D eigenvalue weighted by molar-refractivity contribution is 14.0. The van der Waals surface area contributed by atoms with Gasteiger partial charge in [-0.25, -0.2) is 0 Å². The van der Waals surface area contributed by atoms with Gasteiger partial charge in [0.1, 0.15) is 0 Å². The van der Waals surface area contributed by atoms with Gasteiger partial charge in [-0.15, -0.1) is 24.0 Å². The summed E-state index contributed by atoms with van der Waals surface area (Å²) in [6, 6.07) is 0.371. The lowest BCUT2D eigenvalue weighted by Gasteiger charge is -2.15. The van der Waals surface area contributed by atoms with Crippen molar-refractivity contribution in [2.75, 3.05) is 20.2 Å². The third-order valence-electron chi connectivity index (χ3n) is 2.15. The predicted molar refractivity (Wildman–Crippen MR) is 80.9 cm³/mol. The Morgan fingerprint density at radius 2 is 2.06 bits per heavy atom. The first kappa shape index (κ1) is 18.8. The van der Waals surface area contributed by atoms with Crippen LogP contribution in [0.25, 0.3) is 0 Å². The standard InChI is InChI=1S/C11H23N3O2.HI/c1-5-9(3)14-11(12-6-2)13-8-7-10(15)16-4;/h9H,5-8H2,1-4H3,(H2,12,13,14);1H. The number of halogens is 1. The number of nitrogens with one attached hydrogen (secondary N) is 2. The average molecular weight is 357 g/mol. The molecule has 2 N–H and O–H groups in total. The molecule has 0 bridgehead atoms. The second-order valence-corrected chi connectivity index (χ2v) is 3.54. The largest absolute Gasteiger partial charge is 0.469 e. The Kier molecular flexibility index (Phi) is 13.2. The van der Waals surface area contributed by atoms with Crippen molar-refractivity contribution in [1.82, 2.24) is 10.6 Å². The summed E-state index contributed by atoms with van der Waals surface area (Å²) in [7, 11) is 1.38. The minimum Gasteiger partial charge on any atom is -0.469 e. The molecule has 17 heavy (non-hydrogen) atoms. The van der Waals surface area contributed by atoms with E-state index in [9.17, 15) is 4.79 Å². The van der Waals surface area contributed by atoms with E-state index in [0.29, 0.717) is 19.0 Å². The number of guanidine groups is 1. The van der Waals surface area contributed by atoms with Crippen LogP contribution in [0.1, 0.15) is 33.6 Å². The van der Waals surface area contributed by atoms with Crippen molar-refractivity contribution in [2.45, 2.75) is 39.7 Å². The van der Waals surface area contributed by atoms with E-state index in [2.05, 4.69) is 34.2 Å². The number of carbonyl (C=O) groups excluding carboxylic acids is 1. The average Bonchev–Trinajstić information content (AvgIpc) is 2.28. The summed E-state index contributed by atoms with van der Waals surface area (Å²) in [6.45, 7) is 7.45. The summed E-state index contributed by atoms with van der Waals surface area (Å²) in [6.07, 6.45) is 1.34. The lowest BCUT2D eigenvalue weighted by molar-refractivity contribution is -0.140. The highest BCUT2D eigenvalue weighted by Gasteiger charge is 2.03. The summed E-state index contributed by atoms with van der Waals surface area (Å²) in [5.41, 5.74) is 0. The van der Waals surface area contributed by atoms with Gasteiger partial charge in [0.25, 0.3) is 0 Å². The van der Waals surface area contributed by atoms with Crippen LogP contribution in [-0.4, -0.2) is 38.2 Å². The molecule has 0 aromatic heterocycles. The first-order valence-corrected chi connectivity index (χ1v) is 5.75. The van der Waals surface area contributed by atoms with Crippen LogP contribution in [-0.2, 0) is 9.53 Å². The van der Waals surface area contributed by atoms with E-state index in [1.807, 2.05) is 6.92 Å². The third kappa shape index (κ3) is 10.3. The second-order valence-electron chi connectivity index (χ2n) is 3.54. The molecule has 0 aromatic carbocycles. The highest BCUT2D eigenvalue weighted by atomic mass is 127. The van der Waals surface area contributed by atoms with Crippen molar-refractivity contribution in [3.8, 4) is 0 Å². The molecule has 0 aliphatic heterocycles. The van der Waals surface area contributed by atoms with Crippen LogP contribution < -0.4 is 10.6 Å². The van der Waals surface area contributed by atoms with Crippen molar-refractivity contribution in [3.63, 3.8) is 0 Å². The molecular formula is C11H24IN3O2. The molecule has 0 radical (unpaired) electrons. The molecule has 0 amide bonds. The van der Waals surface area contributed by atoms with Crippen LogP contribution in [0.15, 0.2) is 4.99 Å². The van der Waals surface area contributed by atoms with Crippen LogP contribution in [0.5, 0.6) is 0 Å². The topological polar surface area (TPSA) is 62.7 Å². The molecule has 0 fully saturated rings. The summed E-state index contributed by atoms with van der Waals surface area (Å²) in [5.74, 6) is 0.517. The zero-order chi connectivity index (χ0) is 12.4. The summed E-state index contributed by atoms with van der Waals surface area (Å²) >= 11 is 0. The van der Waals surface area contributed by atoms with Crippen LogP contribution in [0.4, 0.5) is 0 Å². The minimum atomic E-state index is -0.233. The Bertz CT molecular complexity index is 235. The van der Waals surface area contributed by atoms with Gasteiger partial charge in [0.05, 0.1) is 20.1 Å². The van der Waals surface area contributed by atoms with E-state index >= 15 is 0 Å². The maximum absolute atomic E-state index is 10.9. The number of hydrogen-bond donors (Lipinski definition) is 2. The molecule has 0 rings (SSSR count). The van der Waals surface area contributed by atoms with Crippen LogP contribution in [0.2, 0.25) is 0 Å². The smallest absolute Gasteiger partial charge is 0.307 e. The van der Waals surface area contributed by atoms with Crippen LogP contribution in [0, 0.1) is 0 Å². The van der Waals surface area contributed by atoms with Crippen LogP contribution >= 0.6 is 24.0 Å². The van der Waals surface area contributed by atoms with Crippen molar-refractivity contribution in [3.05, 3.63) is 0 Å². The summed E-state index contributed by atoms with van der Waals surface area (Å²) in [5, 5.41) is 6.37. The number of ether oxygens (including phenoxy) is 1. The minimum absolute atomic E-state index is 0.